The van der Waals surface area contributed by atoms with Gasteiger partial charge in [0.1, 0.15) is 0 Å². The van der Waals surface area contributed by atoms with Crippen molar-refractivity contribution in [1.29, 1.82) is 0 Å². The summed E-state index contributed by atoms with van der Waals surface area (Å²) in [6.07, 6.45) is 1.15. The van der Waals surface area contributed by atoms with Crippen LogP contribution in [0.1, 0.15) is 47.8 Å². The number of carbonyl (C=O) groups is 3. The highest BCUT2D eigenvalue weighted by Crippen LogP contribution is 2.26. The quantitative estimate of drug-likeness (QED) is 0.441. The Bertz CT molecular complexity index is 1450. The summed E-state index contributed by atoms with van der Waals surface area (Å²) < 4.78 is 36.0. The number of methoxy groups -OCH3 is 2. The molecule has 3 rings (SSSR count). The summed E-state index contributed by atoms with van der Waals surface area (Å²) >= 11 is 0. The number of nitrogens with zero attached hydrogens (tertiary/aromatic N) is 1. The van der Waals surface area contributed by atoms with Crippen LogP contribution in [-0.4, -0.2) is 46.7 Å². The minimum atomic E-state index is -3.58. The molecule has 0 aliphatic heterocycles. The van der Waals surface area contributed by atoms with Crippen molar-refractivity contribution in [2.45, 2.75) is 20.4 Å². The summed E-state index contributed by atoms with van der Waals surface area (Å²) in [5.41, 5.74) is 3.58. The molecule has 10 heteroatoms. The Morgan fingerprint density at radius 3 is 2.05 bits per heavy atom. The van der Waals surface area contributed by atoms with Gasteiger partial charge in [-0.25, -0.2) is 18.0 Å². The zero-order chi connectivity index (χ0) is 27.3. The van der Waals surface area contributed by atoms with Gasteiger partial charge >= 0.3 is 11.9 Å². The molecule has 0 bridgehead atoms. The molecule has 0 atom stereocenters. The molecule has 0 fully saturated rings. The molecular formula is C27H28N2O7S. The van der Waals surface area contributed by atoms with Gasteiger partial charge in [0.25, 0.3) is 5.91 Å². The summed E-state index contributed by atoms with van der Waals surface area (Å²) in [7, 11) is -1.15. The smallest absolute Gasteiger partial charge is 0.339 e. The van der Waals surface area contributed by atoms with Crippen LogP contribution >= 0.6 is 0 Å². The fourth-order valence-electron chi connectivity index (χ4n) is 3.67. The van der Waals surface area contributed by atoms with Crippen LogP contribution in [0, 0.1) is 13.8 Å². The summed E-state index contributed by atoms with van der Waals surface area (Å²) in [5, 5.41) is 2.63. The number of carbonyl (C=O) groups excluding carboxylic acids is 3. The van der Waals surface area contributed by atoms with E-state index in [0.29, 0.717) is 11.3 Å². The zero-order valence-electron chi connectivity index (χ0n) is 21.2. The Kier molecular flexibility index (Phi) is 8.34. The second kappa shape index (κ2) is 11.3. The molecule has 3 aromatic carbocycles. The Morgan fingerprint density at radius 2 is 1.46 bits per heavy atom. The van der Waals surface area contributed by atoms with Crippen molar-refractivity contribution >= 4 is 39.2 Å². The van der Waals surface area contributed by atoms with Gasteiger partial charge in [0.15, 0.2) is 0 Å². The Hall–Kier alpha value is -4.18. The van der Waals surface area contributed by atoms with Crippen molar-refractivity contribution in [2.75, 3.05) is 30.1 Å². The maximum Gasteiger partial charge on any atom is 0.339 e. The number of nitrogens with one attached hydrogen (secondary N) is 1. The number of amides is 1. The van der Waals surface area contributed by atoms with Gasteiger partial charge in [-0.1, -0.05) is 24.3 Å². The van der Waals surface area contributed by atoms with Crippen molar-refractivity contribution < 1.29 is 32.3 Å². The molecule has 0 aliphatic rings. The molecule has 1 amide bonds. The molecule has 194 valence electrons. The summed E-state index contributed by atoms with van der Waals surface area (Å²) in [4.78, 5) is 37.0. The SMILES string of the molecule is COC(=O)c1ccc(C(=O)OC)c(NC(=O)c2ccc(CN(c3cc(C)ccc3C)S(C)(=O)=O)cc2)c1. The predicted molar refractivity (Wildman–Crippen MR) is 140 cm³/mol. The first-order valence-corrected chi connectivity index (χ1v) is 13.1. The van der Waals surface area contributed by atoms with Crippen LogP contribution in [0.3, 0.4) is 0 Å². The van der Waals surface area contributed by atoms with E-state index in [1.165, 1.54) is 36.7 Å². The maximum absolute atomic E-state index is 12.9. The second-order valence-corrected chi connectivity index (χ2v) is 10.4. The van der Waals surface area contributed by atoms with Gasteiger partial charge in [-0.05, 0) is 66.9 Å². The molecule has 3 aromatic rings. The van der Waals surface area contributed by atoms with Crippen LogP contribution < -0.4 is 9.62 Å². The van der Waals surface area contributed by atoms with Gasteiger partial charge in [-0.15, -0.1) is 0 Å². The number of aryl methyl sites for hydroxylation is 2. The Balaban J connectivity index is 1.86. The average molecular weight is 525 g/mol. The highest BCUT2D eigenvalue weighted by molar-refractivity contribution is 7.92. The highest BCUT2D eigenvalue weighted by Gasteiger charge is 2.21. The van der Waals surface area contributed by atoms with Gasteiger partial charge in [0.05, 0.1) is 49.5 Å². The molecule has 37 heavy (non-hydrogen) atoms. The molecule has 0 aliphatic carbocycles. The molecule has 0 heterocycles. The minimum Gasteiger partial charge on any atom is -0.465 e. The highest BCUT2D eigenvalue weighted by atomic mass is 32.2. The van der Waals surface area contributed by atoms with E-state index >= 15 is 0 Å². The maximum atomic E-state index is 12.9. The molecule has 0 radical (unpaired) electrons. The lowest BCUT2D eigenvalue weighted by Crippen LogP contribution is -2.30. The average Bonchev–Trinajstić information content (AvgIpc) is 2.87. The number of hydrogen-bond donors (Lipinski definition) is 1. The number of anilines is 2. The lowest BCUT2D eigenvalue weighted by atomic mass is 10.1. The monoisotopic (exact) mass is 524 g/mol. The first-order chi connectivity index (χ1) is 17.4. The van der Waals surface area contributed by atoms with Crippen molar-refractivity contribution in [3.05, 3.63) is 94.0 Å². The molecule has 0 saturated heterocycles. The third-order valence-electron chi connectivity index (χ3n) is 5.67. The molecule has 0 aromatic heterocycles. The van der Waals surface area contributed by atoms with Crippen LogP contribution in [0.4, 0.5) is 11.4 Å². The number of rotatable bonds is 8. The van der Waals surface area contributed by atoms with Crippen LogP contribution in [0.15, 0.2) is 60.7 Å². The van der Waals surface area contributed by atoms with Crippen LogP contribution in [0.5, 0.6) is 0 Å². The van der Waals surface area contributed by atoms with Crippen molar-refractivity contribution in [2.24, 2.45) is 0 Å². The largest absolute Gasteiger partial charge is 0.465 e. The van der Waals surface area contributed by atoms with E-state index in [4.69, 9.17) is 9.47 Å². The van der Waals surface area contributed by atoms with E-state index in [0.717, 1.165) is 17.4 Å². The molecule has 0 spiro atoms. The zero-order valence-corrected chi connectivity index (χ0v) is 22.0. The van der Waals surface area contributed by atoms with E-state index in [-0.39, 0.29) is 28.9 Å². The van der Waals surface area contributed by atoms with Gasteiger partial charge in [-0.3, -0.25) is 9.10 Å². The van der Waals surface area contributed by atoms with Gasteiger partial charge in [-0.2, -0.15) is 0 Å². The molecule has 1 N–H and O–H groups in total. The number of hydrogen-bond acceptors (Lipinski definition) is 7. The standard InChI is InChI=1S/C27H28N2O7S/c1-17-6-7-18(2)24(14-17)29(37(5,33)34)16-19-8-10-20(11-9-19)25(30)28-23-15-21(26(31)35-3)12-13-22(23)27(32)36-4/h6-15H,16H2,1-5H3,(H,28,30). The van der Waals surface area contributed by atoms with Crippen molar-refractivity contribution in [3.8, 4) is 0 Å². The predicted octanol–water partition coefficient (Wildman–Crippen LogP) is 4.10. The number of ether oxygens (including phenoxy) is 2. The molecule has 0 unspecified atom stereocenters. The van der Waals surface area contributed by atoms with Crippen LogP contribution in [0.25, 0.3) is 0 Å². The van der Waals surface area contributed by atoms with E-state index in [1.807, 2.05) is 32.0 Å². The lowest BCUT2D eigenvalue weighted by molar-refractivity contribution is 0.0587. The van der Waals surface area contributed by atoms with E-state index in [1.54, 1.807) is 24.3 Å². The van der Waals surface area contributed by atoms with Crippen LogP contribution in [0.2, 0.25) is 0 Å². The van der Waals surface area contributed by atoms with Gasteiger partial charge in [0, 0.05) is 5.56 Å². The third kappa shape index (κ3) is 6.53. The van der Waals surface area contributed by atoms with E-state index in [2.05, 4.69) is 5.32 Å². The lowest BCUT2D eigenvalue weighted by Gasteiger charge is -2.25. The third-order valence-corrected chi connectivity index (χ3v) is 6.80. The number of benzene rings is 3. The summed E-state index contributed by atoms with van der Waals surface area (Å²) in [5.74, 6) is -1.85. The normalized spacial score (nSPS) is 10.9. The minimum absolute atomic E-state index is 0.0671. The number of sulfonamides is 1. The molecular weight excluding hydrogens is 496 g/mol. The topological polar surface area (TPSA) is 119 Å². The van der Waals surface area contributed by atoms with Gasteiger partial charge in [0.2, 0.25) is 10.0 Å². The van der Waals surface area contributed by atoms with E-state index < -0.39 is 27.9 Å². The number of esters is 2. The summed E-state index contributed by atoms with van der Waals surface area (Å²) in [6.45, 7) is 3.82. The first kappa shape index (κ1) is 27.4. The molecule has 0 saturated carbocycles. The fraction of sp³-hybridized carbons (Fsp3) is 0.222. The van der Waals surface area contributed by atoms with Crippen LogP contribution in [-0.2, 0) is 26.0 Å². The molecule has 9 nitrogen and oxygen atoms in total. The summed E-state index contributed by atoms with van der Waals surface area (Å²) in [6, 6.07) is 16.1. The van der Waals surface area contributed by atoms with Crippen molar-refractivity contribution in [1.82, 2.24) is 0 Å². The second-order valence-electron chi connectivity index (χ2n) is 8.45. The Morgan fingerprint density at radius 1 is 0.838 bits per heavy atom. The van der Waals surface area contributed by atoms with Gasteiger partial charge < -0.3 is 14.8 Å². The first-order valence-electron chi connectivity index (χ1n) is 11.2. The Labute approximate surface area is 216 Å². The fourth-order valence-corrected chi connectivity index (χ4v) is 4.61. The van der Waals surface area contributed by atoms with E-state index in [9.17, 15) is 22.8 Å². The van der Waals surface area contributed by atoms with Crippen molar-refractivity contribution in [3.63, 3.8) is 0 Å².